The van der Waals surface area contributed by atoms with Gasteiger partial charge in [0.15, 0.2) is 6.10 Å². The van der Waals surface area contributed by atoms with E-state index in [4.69, 9.17) is 14.2 Å². The quantitative estimate of drug-likeness (QED) is 0.0262. The van der Waals surface area contributed by atoms with Crippen LogP contribution in [0.25, 0.3) is 0 Å². The van der Waals surface area contributed by atoms with Gasteiger partial charge in [0.2, 0.25) is 0 Å². The number of esters is 3. The summed E-state index contributed by atoms with van der Waals surface area (Å²) in [5.74, 6) is -0.900. The van der Waals surface area contributed by atoms with E-state index in [2.05, 4.69) is 69.4 Å². The molecule has 0 heterocycles. The Labute approximate surface area is 390 Å². The maximum absolute atomic E-state index is 12.8. The first-order chi connectivity index (χ1) is 31.0. The van der Waals surface area contributed by atoms with E-state index in [0.29, 0.717) is 19.3 Å². The normalized spacial score (nSPS) is 12.4. The molecule has 63 heavy (non-hydrogen) atoms. The van der Waals surface area contributed by atoms with Crippen LogP contribution < -0.4 is 0 Å². The highest BCUT2D eigenvalue weighted by molar-refractivity contribution is 5.71. The number of hydrogen-bond donors (Lipinski definition) is 0. The van der Waals surface area contributed by atoms with Gasteiger partial charge in [-0.05, 0) is 103 Å². The van der Waals surface area contributed by atoms with Gasteiger partial charge in [0, 0.05) is 19.3 Å². The molecule has 0 spiro atoms. The van der Waals surface area contributed by atoms with Crippen molar-refractivity contribution in [3.05, 3.63) is 48.6 Å². The summed E-state index contributed by atoms with van der Waals surface area (Å²) in [4.78, 5) is 38.0. The molecule has 0 amide bonds. The molecule has 0 radical (unpaired) electrons. The van der Waals surface area contributed by atoms with E-state index in [0.717, 1.165) is 89.9 Å². The third kappa shape index (κ3) is 50.2. The zero-order valence-electron chi connectivity index (χ0n) is 41.8. The van der Waals surface area contributed by atoms with Crippen LogP contribution in [0.15, 0.2) is 48.6 Å². The monoisotopic (exact) mass is 883 g/mol. The van der Waals surface area contributed by atoms with E-state index in [1.807, 2.05) is 0 Å². The van der Waals surface area contributed by atoms with E-state index < -0.39 is 6.10 Å². The van der Waals surface area contributed by atoms with Crippen molar-refractivity contribution in [2.24, 2.45) is 0 Å². The van der Waals surface area contributed by atoms with E-state index in [1.165, 1.54) is 148 Å². The summed E-state index contributed by atoms with van der Waals surface area (Å²) in [5, 5.41) is 0. The number of rotatable bonds is 49. The molecule has 366 valence electrons. The summed E-state index contributed by atoms with van der Waals surface area (Å²) in [7, 11) is 0. The lowest BCUT2D eigenvalue weighted by atomic mass is 10.1. The Balaban J connectivity index is 4.41. The van der Waals surface area contributed by atoms with Gasteiger partial charge < -0.3 is 14.2 Å². The van der Waals surface area contributed by atoms with Crippen LogP contribution in [-0.2, 0) is 28.6 Å². The highest BCUT2D eigenvalue weighted by Crippen LogP contribution is 2.14. The molecule has 0 unspecified atom stereocenters. The Morgan fingerprint density at radius 3 is 0.937 bits per heavy atom. The van der Waals surface area contributed by atoms with Crippen LogP contribution in [0.1, 0.15) is 278 Å². The fraction of sp³-hybridized carbons (Fsp3) is 0.807. The summed E-state index contributed by atoms with van der Waals surface area (Å²) in [6.45, 7) is 6.59. The molecule has 0 N–H and O–H groups in total. The second-order valence-electron chi connectivity index (χ2n) is 18.1. The molecule has 6 nitrogen and oxygen atoms in total. The second-order valence-corrected chi connectivity index (χ2v) is 18.1. The van der Waals surface area contributed by atoms with Gasteiger partial charge in [-0.1, -0.05) is 204 Å². The van der Waals surface area contributed by atoms with Crippen LogP contribution in [-0.4, -0.2) is 37.2 Å². The van der Waals surface area contributed by atoms with Gasteiger partial charge in [0.05, 0.1) is 0 Å². The lowest BCUT2D eigenvalue weighted by Crippen LogP contribution is -2.30. The van der Waals surface area contributed by atoms with Crippen LogP contribution in [0, 0.1) is 0 Å². The molecule has 0 bridgehead atoms. The molecule has 0 saturated heterocycles. The third-order valence-electron chi connectivity index (χ3n) is 11.8. The SMILES string of the molecule is CCCCC/C=C\C/C=C\CCCCCCCC(=O)OC[C@H](COC(=O)CCCCCCCCC/C=C\CCCCCC)OC(=O)CCCCCCC/C=C\CCCCCCCC. The maximum Gasteiger partial charge on any atom is 0.306 e. The van der Waals surface area contributed by atoms with Crippen LogP contribution in [0.4, 0.5) is 0 Å². The zero-order valence-corrected chi connectivity index (χ0v) is 41.8. The molecule has 0 aliphatic rings. The molecule has 0 aliphatic heterocycles. The highest BCUT2D eigenvalue weighted by Gasteiger charge is 2.19. The van der Waals surface area contributed by atoms with Gasteiger partial charge in [-0.15, -0.1) is 0 Å². The van der Waals surface area contributed by atoms with Crippen molar-refractivity contribution in [1.82, 2.24) is 0 Å². The Hall–Kier alpha value is -2.63. The number of ether oxygens (including phenoxy) is 3. The van der Waals surface area contributed by atoms with Gasteiger partial charge in [-0.25, -0.2) is 0 Å². The number of hydrogen-bond acceptors (Lipinski definition) is 6. The van der Waals surface area contributed by atoms with Crippen molar-refractivity contribution in [2.45, 2.75) is 284 Å². The minimum absolute atomic E-state index is 0.0822. The van der Waals surface area contributed by atoms with E-state index >= 15 is 0 Å². The Kier molecular flexibility index (Phi) is 49.8. The fourth-order valence-corrected chi connectivity index (χ4v) is 7.64. The predicted octanol–water partition coefficient (Wildman–Crippen LogP) is 17.9. The molecular weight excluding hydrogens is 781 g/mol. The number of carbonyl (C=O) groups is 3. The first-order valence-corrected chi connectivity index (χ1v) is 27.1. The van der Waals surface area contributed by atoms with Crippen LogP contribution in [0.3, 0.4) is 0 Å². The number of allylic oxidation sites excluding steroid dienone is 8. The number of carbonyl (C=O) groups excluding carboxylic acids is 3. The Morgan fingerprint density at radius 1 is 0.317 bits per heavy atom. The summed E-state index contributed by atoms with van der Waals surface area (Å²) in [6.07, 6.45) is 62.3. The largest absolute Gasteiger partial charge is 0.462 e. The molecule has 0 aromatic carbocycles. The molecule has 0 saturated carbocycles. The standard InChI is InChI=1S/C57H102O6/c1-4-7-10-13-16-19-22-25-28-31-34-37-40-43-46-49-55(58)61-52-54(63-57(60)51-48-45-42-39-36-33-30-27-24-21-18-15-12-9-6-3)53-62-56(59)50-47-44-41-38-35-32-29-26-23-20-17-14-11-8-5-2/h16,19-20,23,25,27-28,30,54H,4-15,17-18,21-22,24,26,29,31-53H2,1-3H3/b19-16-,23-20-,28-25-,30-27-/t54-/m1/s1. The average molecular weight is 883 g/mol. The average Bonchev–Trinajstić information content (AvgIpc) is 3.28. The molecular formula is C57H102O6. The fourth-order valence-electron chi connectivity index (χ4n) is 7.64. The van der Waals surface area contributed by atoms with Crippen molar-refractivity contribution >= 4 is 17.9 Å². The Bertz CT molecular complexity index is 1110. The van der Waals surface area contributed by atoms with E-state index in [1.54, 1.807) is 0 Å². The smallest absolute Gasteiger partial charge is 0.306 e. The molecule has 1 atom stereocenters. The zero-order chi connectivity index (χ0) is 45.8. The maximum atomic E-state index is 12.8. The summed E-state index contributed by atoms with van der Waals surface area (Å²) >= 11 is 0. The minimum Gasteiger partial charge on any atom is -0.462 e. The second kappa shape index (κ2) is 52.0. The van der Waals surface area contributed by atoms with Gasteiger partial charge in [-0.3, -0.25) is 14.4 Å². The molecule has 0 aromatic rings. The Morgan fingerprint density at radius 2 is 0.571 bits per heavy atom. The van der Waals surface area contributed by atoms with Crippen LogP contribution >= 0.6 is 0 Å². The number of unbranched alkanes of at least 4 members (excludes halogenated alkanes) is 30. The first kappa shape index (κ1) is 60.4. The van der Waals surface area contributed by atoms with Crippen molar-refractivity contribution in [3.63, 3.8) is 0 Å². The molecule has 0 aliphatic carbocycles. The van der Waals surface area contributed by atoms with E-state index in [9.17, 15) is 14.4 Å². The lowest BCUT2D eigenvalue weighted by Gasteiger charge is -2.18. The van der Waals surface area contributed by atoms with E-state index in [-0.39, 0.29) is 31.1 Å². The van der Waals surface area contributed by atoms with Crippen LogP contribution in [0.5, 0.6) is 0 Å². The predicted molar refractivity (Wildman–Crippen MR) is 270 cm³/mol. The van der Waals surface area contributed by atoms with Crippen molar-refractivity contribution in [2.75, 3.05) is 13.2 Å². The van der Waals surface area contributed by atoms with Gasteiger partial charge >= 0.3 is 17.9 Å². The molecule has 0 fully saturated rings. The first-order valence-electron chi connectivity index (χ1n) is 27.1. The molecule has 0 aromatic heterocycles. The van der Waals surface area contributed by atoms with Crippen molar-refractivity contribution in [1.29, 1.82) is 0 Å². The van der Waals surface area contributed by atoms with Gasteiger partial charge in [0.1, 0.15) is 13.2 Å². The summed E-state index contributed by atoms with van der Waals surface area (Å²) < 4.78 is 16.8. The third-order valence-corrected chi connectivity index (χ3v) is 11.8. The molecule has 6 heteroatoms. The van der Waals surface area contributed by atoms with Crippen molar-refractivity contribution in [3.8, 4) is 0 Å². The van der Waals surface area contributed by atoms with Gasteiger partial charge in [-0.2, -0.15) is 0 Å². The summed E-state index contributed by atoms with van der Waals surface area (Å²) in [5.41, 5.74) is 0. The molecule has 0 rings (SSSR count). The minimum atomic E-state index is -0.783. The highest BCUT2D eigenvalue weighted by atomic mass is 16.6. The van der Waals surface area contributed by atoms with Crippen LogP contribution in [0.2, 0.25) is 0 Å². The van der Waals surface area contributed by atoms with Gasteiger partial charge in [0.25, 0.3) is 0 Å². The topological polar surface area (TPSA) is 78.9 Å². The van der Waals surface area contributed by atoms with Crippen molar-refractivity contribution < 1.29 is 28.6 Å². The lowest BCUT2D eigenvalue weighted by molar-refractivity contribution is -0.167. The summed E-state index contributed by atoms with van der Waals surface area (Å²) in [6, 6.07) is 0.